The van der Waals surface area contributed by atoms with Gasteiger partial charge in [-0.25, -0.2) is 12.1 Å². The number of benzene rings is 9. The Balaban J connectivity index is 0.000000220. The van der Waals surface area contributed by atoms with Crippen LogP contribution in [-0.2, 0) is 124 Å². The van der Waals surface area contributed by atoms with Gasteiger partial charge < -0.3 is 4.74 Å². The minimum absolute atomic E-state index is 0.0195. The number of ether oxygens (including phenoxy) is 1. The molecule has 0 unspecified atom stereocenters. The van der Waals surface area contributed by atoms with E-state index in [1.807, 2.05) is 0 Å². The van der Waals surface area contributed by atoms with Crippen molar-refractivity contribution in [1.29, 1.82) is 0 Å². The molecule has 0 amide bonds. The molecular weight excluding hydrogens is 2010 g/mol. The molecule has 13 heteroatoms. The average molecular weight is 2140 g/mol. The average Bonchev–Trinajstić information content (AvgIpc) is 1.42. The number of fused-ring (bicyclic) bond motifs is 13. The van der Waals surface area contributed by atoms with E-state index < -0.39 is 83.4 Å². The Morgan fingerprint density at radius 3 is 0.928 bits per heavy atom. The van der Waals surface area contributed by atoms with Crippen LogP contribution in [0.1, 0.15) is 216 Å². The van der Waals surface area contributed by atoms with Crippen molar-refractivity contribution in [3.05, 3.63) is 346 Å². The Hall–Kier alpha value is -4.07. The van der Waals surface area contributed by atoms with Crippen molar-refractivity contribution in [3.8, 4) is 0 Å². The van der Waals surface area contributed by atoms with E-state index in [2.05, 4.69) is 417 Å². The number of rotatable bonds is 14. The van der Waals surface area contributed by atoms with Gasteiger partial charge in [0.05, 0.1) is 5.60 Å². The molecule has 0 spiro atoms. The van der Waals surface area contributed by atoms with Crippen LogP contribution in [0.3, 0.4) is 0 Å². The Bertz CT molecular complexity index is 5500. The van der Waals surface area contributed by atoms with Gasteiger partial charge >= 0.3 is 151 Å². The van der Waals surface area contributed by atoms with Crippen LogP contribution in [0.15, 0.2) is 285 Å². The maximum absolute atomic E-state index is 5.67. The third kappa shape index (κ3) is 37.5. The minimum Gasteiger partial charge on any atom is -0.126 e. The molecule has 656 valence electrons. The smallest absolute Gasteiger partial charge is 0.0771 e. The van der Waals surface area contributed by atoms with Crippen LogP contribution in [0.2, 0.25) is 0 Å². The van der Waals surface area contributed by atoms with Gasteiger partial charge in [0.1, 0.15) is 0 Å². The quantitative estimate of drug-likeness (QED) is 0.0779. The SMILES string of the molecule is CC(C)(C)OCCCCCc1cc[cH-]c1.CC(C)(C)c1ccc2c(c1)[cH-]c1cc(C(C)(C)C)ccc12.CCCCCCc1ccc2c(c1)[cH-]c1cc(C(C)(C)C)ccc12.CCCCc1cc[cH-]c1.Cc1[cH-]c(C)c(C)c1C.Cc1cc2ccccc2[cH-]1.[Cl][Zr+2][Cl].[Cl][Zr+2][Cl].[Cl][Zr+2][Cl].[Cl][Zr+2][Cl].c1ccc2c(c1)[cH-]c1ccccc12.c1ccc2c(c1)[cH-]c1ccccc12. The first-order valence-electron chi connectivity index (χ1n) is 43.8. The Morgan fingerprint density at radius 1 is 0.288 bits per heavy atom. The summed E-state index contributed by atoms with van der Waals surface area (Å²) < 4.78 is 5.67. The van der Waals surface area contributed by atoms with Crippen LogP contribution in [0.5, 0.6) is 0 Å². The van der Waals surface area contributed by atoms with Crippen LogP contribution in [0.25, 0.3) is 97.0 Å². The molecule has 0 N–H and O–H groups in total. The van der Waals surface area contributed by atoms with Crippen molar-refractivity contribution < 1.29 is 88.1 Å². The zero-order valence-corrected chi connectivity index (χ0v) is 93.1. The van der Waals surface area contributed by atoms with Crippen LogP contribution >= 0.6 is 68.1 Å². The summed E-state index contributed by atoms with van der Waals surface area (Å²) in [6.07, 6.45) is 15.4. The van der Waals surface area contributed by atoms with Gasteiger partial charge in [-0.1, -0.05) is 318 Å². The zero-order chi connectivity index (χ0) is 91.7. The number of aryl methyl sites for hydroxylation is 6. The predicted octanol–water partition coefficient (Wildman–Crippen LogP) is 38.6. The first kappa shape index (κ1) is 110. The number of halogens is 8. The molecule has 1 nitrogen and oxygen atoms in total. The summed E-state index contributed by atoms with van der Waals surface area (Å²) >= 11 is -3.30. The fourth-order valence-electron chi connectivity index (χ4n) is 15.2. The molecule has 0 radical (unpaired) electrons. The van der Waals surface area contributed by atoms with E-state index in [9.17, 15) is 0 Å². The topological polar surface area (TPSA) is 9.23 Å². The van der Waals surface area contributed by atoms with Gasteiger partial charge in [0.25, 0.3) is 0 Å². The van der Waals surface area contributed by atoms with E-state index in [4.69, 9.17) is 72.8 Å². The van der Waals surface area contributed by atoms with E-state index in [1.165, 1.54) is 235 Å². The fourth-order valence-corrected chi connectivity index (χ4v) is 15.2. The second-order valence-corrected chi connectivity index (χ2v) is 50.9. The Labute approximate surface area is 826 Å². The van der Waals surface area contributed by atoms with Crippen molar-refractivity contribution in [2.45, 2.75) is 230 Å². The van der Waals surface area contributed by atoms with Crippen LogP contribution in [0.4, 0.5) is 0 Å². The van der Waals surface area contributed by atoms with Crippen molar-refractivity contribution in [2.75, 3.05) is 6.61 Å². The number of hydrogen-bond acceptors (Lipinski definition) is 1. The first-order chi connectivity index (χ1) is 59.7. The third-order valence-corrected chi connectivity index (χ3v) is 22.3. The summed E-state index contributed by atoms with van der Waals surface area (Å²) in [6.45, 7) is 43.0. The molecule has 0 atom stereocenters. The van der Waals surface area contributed by atoms with Gasteiger partial charge in [-0.3, -0.25) is 0 Å². The van der Waals surface area contributed by atoms with Crippen LogP contribution in [0, 0.1) is 34.6 Å². The predicted molar refractivity (Wildman–Crippen MR) is 550 cm³/mol. The van der Waals surface area contributed by atoms with Gasteiger partial charge in [0, 0.05) is 6.61 Å². The van der Waals surface area contributed by atoms with Gasteiger partial charge in [-0.05, 0) is 56.3 Å². The number of hydrogen-bond donors (Lipinski definition) is 0. The summed E-state index contributed by atoms with van der Waals surface area (Å²) in [5.41, 5.74) is 16.4. The monoisotopic (exact) mass is 2130 g/mol. The molecule has 0 aliphatic rings. The number of unbranched alkanes of at least 4 members (excludes halogenated alkanes) is 6. The summed E-state index contributed by atoms with van der Waals surface area (Å²) in [4.78, 5) is 0. The normalized spacial score (nSPS) is 10.8. The molecule has 0 saturated heterocycles. The van der Waals surface area contributed by atoms with Gasteiger partial charge in [0.2, 0.25) is 0 Å². The summed E-state index contributed by atoms with van der Waals surface area (Å²) in [6, 6.07) is 103. The molecule has 0 fully saturated rings. The zero-order valence-electron chi connectivity index (χ0n) is 77.3. The first-order valence-corrected chi connectivity index (χ1v) is 69.1. The van der Waals surface area contributed by atoms with E-state index >= 15 is 0 Å². The van der Waals surface area contributed by atoms with Gasteiger partial charge in [-0.15, -0.1) is 200 Å². The molecule has 17 rings (SSSR count). The van der Waals surface area contributed by atoms with Crippen molar-refractivity contribution >= 4 is 165 Å². The fraction of sp³-hybridized carbons (Fsp3) is 0.321. The Morgan fingerprint density at radius 2 is 0.600 bits per heavy atom. The van der Waals surface area contributed by atoms with E-state index in [-0.39, 0.29) is 21.8 Å². The second kappa shape index (κ2) is 57.4. The second-order valence-electron chi connectivity index (χ2n) is 36.0. The van der Waals surface area contributed by atoms with Gasteiger partial charge in [-0.2, -0.15) is 81.9 Å². The summed E-state index contributed by atoms with van der Waals surface area (Å²) in [5, 5.41) is 24.5. The molecule has 125 heavy (non-hydrogen) atoms. The maximum Gasteiger partial charge on any atom is -0.0771 e. The third-order valence-electron chi connectivity index (χ3n) is 22.3. The van der Waals surface area contributed by atoms with E-state index in [1.54, 1.807) is 0 Å². The summed E-state index contributed by atoms with van der Waals surface area (Å²) in [7, 11) is 39.5. The largest absolute Gasteiger partial charge is 0.126 e. The molecule has 0 heterocycles. The molecule has 0 aromatic heterocycles. The molecule has 17 aromatic rings. The van der Waals surface area contributed by atoms with E-state index in [0.717, 1.165) is 6.61 Å². The van der Waals surface area contributed by atoms with Gasteiger partial charge in [0.15, 0.2) is 0 Å². The maximum atomic E-state index is 5.67. The molecule has 0 aliphatic carbocycles. The standard InChI is InChI=1S/C23H29.C21H25.C14H23O.2C13H9.C10H9.2C9H13.8ClH.4Zr/c1-5-6-7-8-9-17-10-12-21-18(14-17)15-19-16-20(23(2,3)4)11-13-22(19)21;1-20(2,3)16-7-9-18-14(12-16)11-15-13-17(21(4,5)6)8-10-19(15)18;1-14(2,3)15-12-8-4-5-9-13-10-6-7-11-13;2*1-3-7-12-10(5-1)9-11-6-2-4-8-13(11)12;1-8-6-9-4-2-3-5-10(9)7-8;1-6-5-7(2)9(4)8(6)3;1-2-3-6-9-7-4-5-8-9;;;;;;;;;;;;/h10-16H,5-9H2,1-4H3;7-13H,1-6H3;6-7,10-11H,4-5,8-9,12H2,1-3H3;2*1-9H;2-7H,1H3;5H,1-4H3;4-5,7-8H,2-3,6H2,1H3;8*1H;;;;/q8*-1;;;;;;;;;4*+4/p-8. The van der Waals surface area contributed by atoms with Crippen LogP contribution in [-0.4, -0.2) is 12.2 Å². The Kier molecular flexibility index (Phi) is 50.4. The molecule has 0 aliphatic heterocycles. The van der Waals surface area contributed by atoms with Crippen LogP contribution < -0.4 is 0 Å². The van der Waals surface area contributed by atoms with Crippen molar-refractivity contribution in [1.82, 2.24) is 0 Å². The molecule has 17 aromatic carbocycles. The molecular formula is C112H130Cl8OZr4. The van der Waals surface area contributed by atoms with Crippen molar-refractivity contribution in [3.63, 3.8) is 0 Å². The minimum atomic E-state index is -0.826. The summed E-state index contributed by atoms with van der Waals surface area (Å²) in [5.74, 6) is 0. The van der Waals surface area contributed by atoms with Crippen molar-refractivity contribution in [2.24, 2.45) is 0 Å². The van der Waals surface area contributed by atoms with E-state index in [0.29, 0.717) is 0 Å². The molecule has 0 saturated carbocycles. The molecule has 0 bridgehead atoms.